The van der Waals surface area contributed by atoms with Crippen LogP contribution in [0.2, 0.25) is 0 Å². The molecule has 1 aliphatic heterocycles. The van der Waals surface area contributed by atoms with Gasteiger partial charge in [0.25, 0.3) is 0 Å². The average Bonchev–Trinajstić information content (AvgIpc) is 3.23. The highest BCUT2D eigenvalue weighted by Crippen LogP contribution is 2.40. The predicted molar refractivity (Wildman–Crippen MR) is 107 cm³/mol. The lowest BCUT2D eigenvalue weighted by atomic mass is 9.89. The van der Waals surface area contributed by atoms with E-state index in [0.29, 0.717) is 48.4 Å². The van der Waals surface area contributed by atoms with Gasteiger partial charge in [0.1, 0.15) is 24.4 Å². The van der Waals surface area contributed by atoms with E-state index in [0.717, 1.165) is 5.69 Å². The van der Waals surface area contributed by atoms with E-state index in [1.807, 2.05) is 0 Å². The van der Waals surface area contributed by atoms with E-state index in [1.165, 1.54) is 24.5 Å². The second kappa shape index (κ2) is 8.95. The second-order valence-electron chi connectivity index (χ2n) is 7.34. The molecular weight excluding hydrogens is 427 g/mol. The molecule has 3 heterocycles. The number of carbonyl (C=O) groups is 1. The highest BCUT2D eigenvalue weighted by molar-refractivity contribution is 5.82. The lowest BCUT2D eigenvalue weighted by molar-refractivity contribution is -0.274. The van der Waals surface area contributed by atoms with Gasteiger partial charge in [0.05, 0.1) is 5.69 Å². The Morgan fingerprint density at radius 1 is 1.25 bits per heavy atom. The molecule has 0 atom stereocenters. The number of aliphatic hydroxyl groups is 1. The van der Waals surface area contributed by atoms with Crippen molar-refractivity contribution in [3.8, 4) is 28.3 Å². The monoisotopic (exact) mass is 447 g/mol. The van der Waals surface area contributed by atoms with Crippen LogP contribution in [-0.2, 0) is 4.79 Å². The van der Waals surface area contributed by atoms with Crippen molar-refractivity contribution < 1.29 is 27.8 Å². The number of alkyl halides is 3. The third kappa shape index (κ3) is 4.72. The highest BCUT2D eigenvalue weighted by atomic mass is 19.4. The van der Waals surface area contributed by atoms with Gasteiger partial charge < -0.3 is 14.7 Å². The summed E-state index contributed by atoms with van der Waals surface area (Å²) in [5.41, 5.74) is 2.92. The van der Waals surface area contributed by atoms with Gasteiger partial charge >= 0.3 is 6.36 Å². The molecule has 168 valence electrons. The van der Waals surface area contributed by atoms with Crippen molar-refractivity contribution in [3.05, 3.63) is 48.5 Å². The van der Waals surface area contributed by atoms with Crippen LogP contribution in [0.5, 0.6) is 5.75 Å². The quantitative estimate of drug-likeness (QED) is 0.623. The number of hydrogen-bond acceptors (Lipinski definition) is 6. The maximum absolute atomic E-state index is 12.7. The van der Waals surface area contributed by atoms with E-state index in [9.17, 15) is 18.0 Å². The number of benzene rings is 1. The Bertz CT molecular complexity index is 1080. The Labute approximate surface area is 181 Å². The number of nitrogens with zero attached hydrogens (tertiary/aromatic N) is 4. The van der Waals surface area contributed by atoms with E-state index in [2.05, 4.69) is 24.9 Å². The van der Waals surface area contributed by atoms with Crippen LogP contribution < -0.4 is 4.74 Å². The first-order valence-corrected chi connectivity index (χ1v) is 9.95. The molecular formula is C21H20F3N5O3. The van der Waals surface area contributed by atoms with Crippen LogP contribution in [0.15, 0.2) is 42.9 Å². The van der Waals surface area contributed by atoms with E-state index < -0.39 is 13.0 Å². The Balaban J connectivity index is 1.70. The SMILES string of the molecule is O=C(CO)N1CCC(c2[nH]nc(-c3cccc(OC(F)(F)F)c3)c2-c2ccncn2)CC1. The van der Waals surface area contributed by atoms with Gasteiger partial charge in [-0.25, -0.2) is 9.97 Å². The van der Waals surface area contributed by atoms with Crippen molar-refractivity contribution in [1.82, 2.24) is 25.1 Å². The molecule has 1 aromatic carbocycles. The highest BCUT2D eigenvalue weighted by Gasteiger charge is 2.32. The molecule has 8 nitrogen and oxygen atoms in total. The lowest BCUT2D eigenvalue weighted by Crippen LogP contribution is -2.39. The fourth-order valence-electron chi connectivity index (χ4n) is 3.92. The summed E-state index contributed by atoms with van der Waals surface area (Å²) in [6.07, 6.45) is -0.549. The van der Waals surface area contributed by atoms with Crippen LogP contribution in [0.3, 0.4) is 0 Å². The van der Waals surface area contributed by atoms with Gasteiger partial charge in [-0.1, -0.05) is 12.1 Å². The van der Waals surface area contributed by atoms with Crippen molar-refractivity contribution >= 4 is 5.91 Å². The number of hydrogen-bond donors (Lipinski definition) is 2. The molecule has 32 heavy (non-hydrogen) atoms. The molecule has 11 heteroatoms. The number of halogens is 3. The van der Waals surface area contributed by atoms with Crippen LogP contribution in [0.4, 0.5) is 13.2 Å². The van der Waals surface area contributed by atoms with Crippen LogP contribution in [0.25, 0.3) is 22.5 Å². The number of ether oxygens (including phenoxy) is 1. The molecule has 0 saturated carbocycles. The maximum atomic E-state index is 12.7. The molecule has 3 aromatic rings. The van der Waals surface area contributed by atoms with Crippen molar-refractivity contribution in [1.29, 1.82) is 0 Å². The smallest absolute Gasteiger partial charge is 0.406 e. The molecule has 4 rings (SSSR count). The van der Waals surface area contributed by atoms with Gasteiger partial charge in [-0.2, -0.15) is 5.10 Å². The van der Waals surface area contributed by atoms with Crippen LogP contribution in [0.1, 0.15) is 24.5 Å². The topological polar surface area (TPSA) is 104 Å². The maximum Gasteiger partial charge on any atom is 0.573 e. The zero-order chi connectivity index (χ0) is 22.7. The first-order valence-electron chi connectivity index (χ1n) is 9.95. The summed E-state index contributed by atoms with van der Waals surface area (Å²) in [4.78, 5) is 21.6. The molecule has 1 saturated heterocycles. The zero-order valence-corrected chi connectivity index (χ0v) is 16.8. The zero-order valence-electron chi connectivity index (χ0n) is 16.8. The minimum Gasteiger partial charge on any atom is -0.406 e. The second-order valence-corrected chi connectivity index (χ2v) is 7.34. The minimum absolute atomic E-state index is 0.0264. The number of aromatic amines is 1. The van der Waals surface area contributed by atoms with Crippen molar-refractivity contribution in [2.75, 3.05) is 19.7 Å². The van der Waals surface area contributed by atoms with Gasteiger partial charge in [0.2, 0.25) is 5.91 Å². The first kappa shape index (κ1) is 21.8. The number of rotatable bonds is 5. The Morgan fingerprint density at radius 2 is 2.03 bits per heavy atom. The fourth-order valence-corrected chi connectivity index (χ4v) is 3.92. The van der Waals surface area contributed by atoms with Gasteiger partial charge in [-0.3, -0.25) is 9.89 Å². The number of piperidine rings is 1. The molecule has 1 aliphatic rings. The number of amides is 1. The van der Waals surface area contributed by atoms with E-state index in [-0.39, 0.29) is 17.6 Å². The molecule has 0 bridgehead atoms. The molecule has 2 N–H and O–H groups in total. The van der Waals surface area contributed by atoms with Gasteiger partial charge in [-0.05, 0) is 31.0 Å². The van der Waals surface area contributed by atoms with Crippen LogP contribution in [0, 0.1) is 0 Å². The molecule has 0 radical (unpaired) electrons. The van der Waals surface area contributed by atoms with Crippen molar-refractivity contribution in [3.63, 3.8) is 0 Å². The number of carbonyl (C=O) groups excluding carboxylic acids is 1. The lowest BCUT2D eigenvalue weighted by Gasteiger charge is -2.31. The summed E-state index contributed by atoms with van der Waals surface area (Å²) >= 11 is 0. The fraction of sp³-hybridized carbons (Fsp3) is 0.333. The standard InChI is InChI=1S/C21H20F3N5O3/c22-21(23,24)32-15-3-1-2-14(10-15)20-18(16-4-7-25-12-26-16)19(27-28-20)13-5-8-29(9-6-13)17(31)11-30/h1-4,7,10,12-13,30H,5-6,8-9,11H2,(H,27,28). The largest absolute Gasteiger partial charge is 0.573 e. The van der Waals surface area contributed by atoms with Gasteiger partial charge in [0.15, 0.2) is 0 Å². The molecule has 0 spiro atoms. The van der Waals surface area contributed by atoms with Crippen LogP contribution >= 0.6 is 0 Å². The number of aliphatic hydroxyl groups excluding tert-OH is 1. The summed E-state index contributed by atoms with van der Waals surface area (Å²) in [6, 6.07) is 7.33. The Kier molecular flexibility index (Phi) is 6.08. The summed E-state index contributed by atoms with van der Waals surface area (Å²) in [5.74, 6) is -0.631. The minimum atomic E-state index is -4.80. The Hall–Kier alpha value is -3.47. The molecule has 0 aliphatic carbocycles. The number of likely N-dealkylation sites (tertiary alicyclic amines) is 1. The third-order valence-corrected chi connectivity index (χ3v) is 5.36. The molecule has 1 amide bonds. The average molecular weight is 447 g/mol. The van der Waals surface area contributed by atoms with Crippen molar-refractivity contribution in [2.45, 2.75) is 25.1 Å². The third-order valence-electron chi connectivity index (χ3n) is 5.36. The summed E-state index contributed by atoms with van der Waals surface area (Å²) < 4.78 is 42.1. The van der Waals surface area contributed by atoms with Crippen LogP contribution in [-0.4, -0.2) is 62.1 Å². The normalized spacial score (nSPS) is 15.1. The number of aromatic nitrogens is 4. The van der Waals surface area contributed by atoms with E-state index in [4.69, 9.17) is 5.11 Å². The Morgan fingerprint density at radius 3 is 2.69 bits per heavy atom. The van der Waals surface area contributed by atoms with Gasteiger partial charge in [-0.15, -0.1) is 13.2 Å². The predicted octanol–water partition coefficient (Wildman–Crippen LogP) is 3.13. The molecule has 2 aromatic heterocycles. The van der Waals surface area contributed by atoms with Gasteiger partial charge in [0, 0.05) is 42.0 Å². The number of H-pyrrole nitrogens is 1. The molecule has 0 unspecified atom stereocenters. The summed E-state index contributed by atoms with van der Waals surface area (Å²) in [5, 5.41) is 16.5. The van der Waals surface area contributed by atoms with Crippen molar-refractivity contribution in [2.24, 2.45) is 0 Å². The molecule has 1 fully saturated rings. The van der Waals surface area contributed by atoms with E-state index >= 15 is 0 Å². The van der Waals surface area contributed by atoms with E-state index in [1.54, 1.807) is 23.2 Å². The first-order chi connectivity index (χ1) is 15.4. The summed E-state index contributed by atoms with van der Waals surface area (Å²) in [7, 11) is 0. The summed E-state index contributed by atoms with van der Waals surface area (Å²) in [6.45, 7) is 0.439. The number of nitrogens with one attached hydrogen (secondary N) is 1.